The van der Waals surface area contributed by atoms with Crippen LogP contribution in [-0.4, -0.2) is 33.9 Å². The number of hydrogen-bond donors (Lipinski definition) is 2. The number of nitro groups is 1. The van der Waals surface area contributed by atoms with E-state index in [1.165, 1.54) is 29.9 Å². The highest BCUT2D eigenvalue weighted by molar-refractivity contribution is 7.17. The summed E-state index contributed by atoms with van der Waals surface area (Å²) in [6.07, 6.45) is 4.86. The Balaban J connectivity index is 1.49. The summed E-state index contributed by atoms with van der Waals surface area (Å²) in [4.78, 5) is 27.8. The molecule has 2 bridgehead atoms. The fourth-order valence-corrected chi connectivity index (χ4v) is 4.31. The summed E-state index contributed by atoms with van der Waals surface area (Å²) in [6.45, 7) is 0. The lowest BCUT2D eigenvalue weighted by Crippen LogP contribution is -2.42. The van der Waals surface area contributed by atoms with Gasteiger partial charge in [0, 0.05) is 42.0 Å². The fraction of sp³-hybridized carbons (Fsp3) is 0.375. The molecular weight excluding hydrogens is 328 g/mol. The van der Waals surface area contributed by atoms with Gasteiger partial charge in [0.15, 0.2) is 5.01 Å². The third-order valence-corrected chi connectivity index (χ3v) is 5.70. The lowest BCUT2D eigenvalue weighted by atomic mass is 9.95. The molecule has 7 nitrogen and oxygen atoms in total. The van der Waals surface area contributed by atoms with Gasteiger partial charge in [-0.05, 0) is 19.3 Å². The average molecular weight is 344 g/mol. The molecule has 2 saturated heterocycles. The SMILES string of the molecule is O=C(N[C@@H]1C[C@H]2CC[C@@H]1N2)c1ncc(-c2cccc([N+](=O)[O-])c2)s1. The molecule has 8 heteroatoms. The Morgan fingerprint density at radius 1 is 1.42 bits per heavy atom. The number of carbonyl (C=O) groups is 1. The van der Waals surface area contributed by atoms with Crippen LogP contribution in [0.25, 0.3) is 10.4 Å². The van der Waals surface area contributed by atoms with Crippen molar-refractivity contribution < 1.29 is 9.72 Å². The molecule has 0 aliphatic carbocycles. The molecule has 3 heterocycles. The van der Waals surface area contributed by atoms with E-state index in [0.29, 0.717) is 22.7 Å². The van der Waals surface area contributed by atoms with E-state index in [9.17, 15) is 14.9 Å². The Hall–Kier alpha value is -2.32. The van der Waals surface area contributed by atoms with Gasteiger partial charge in [-0.15, -0.1) is 11.3 Å². The largest absolute Gasteiger partial charge is 0.346 e. The second-order valence-corrected chi connectivity index (χ2v) is 7.23. The van der Waals surface area contributed by atoms with Gasteiger partial charge < -0.3 is 10.6 Å². The maximum Gasteiger partial charge on any atom is 0.280 e. The molecule has 1 aromatic carbocycles. The van der Waals surface area contributed by atoms with Gasteiger partial charge in [0.1, 0.15) is 0 Å². The second kappa shape index (κ2) is 5.95. The minimum atomic E-state index is -0.430. The minimum Gasteiger partial charge on any atom is -0.346 e. The molecule has 1 aromatic heterocycles. The number of non-ortho nitro benzene ring substituents is 1. The predicted octanol–water partition coefficient (Wildman–Crippen LogP) is 2.34. The van der Waals surface area contributed by atoms with E-state index < -0.39 is 4.92 Å². The average Bonchev–Trinajstić information content (AvgIpc) is 3.31. The van der Waals surface area contributed by atoms with Gasteiger partial charge in [0.2, 0.25) is 0 Å². The Morgan fingerprint density at radius 3 is 3.00 bits per heavy atom. The Kier molecular flexibility index (Phi) is 3.78. The molecule has 1 amide bonds. The first-order valence-electron chi connectivity index (χ1n) is 7.88. The van der Waals surface area contributed by atoms with Gasteiger partial charge in [-0.25, -0.2) is 4.98 Å². The van der Waals surface area contributed by atoms with Crippen LogP contribution in [0.15, 0.2) is 30.5 Å². The van der Waals surface area contributed by atoms with Gasteiger partial charge in [0.05, 0.1) is 9.80 Å². The van der Waals surface area contributed by atoms with E-state index in [0.717, 1.165) is 17.7 Å². The van der Waals surface area contributed by atoms with Gasteiger partial charge in [0.25, 0.3) is 11.6 Å². The monoisotopic (exact) mass is 344 g/mol. The summed E-state index contributed by atoms with van der Waals surface area (Å²) in [5.41, 5.74) is 0.724. The molecule has 2 N–H and O–H groups in total. The van der Waals surface area contributed by atoms with Crippen molar-refractivity contribution in [2.24, 2.45) is 0 Å². The van der Waals surface area contributed by atoms with Crippen molar-refractivity contribution in [3.05, 3.63) is 45.6 Å². The maximum absolute atomic E-state index is 12.4. The lowest BCUT2D eigenvalue weighted by Gasteiger charge is -2.20. The van der Waals surface area contributed by atoms with E-state index in [2.05, 4.69) is 15.6 Å². The molecular formula is C16H16N4O3S. The zero-order valence-corrected chi connectivity index (χ0v) is 13.6. The zero-order chi connectivity index (χ0) is 16.7. The van der Waals surface area contributed by atoms with Crippen LogP contribution >= 0.6 is 11.3 Å². The molecule has 4 rings (SSSR count). The number of amides is 1. The van der Waals surface area contributed by atoms with Crippen molar-refractivity contribution in [3.63, 3.8) is 0 Å². The van der Waals surface area contributed by atoms with Crippen LogP contribution in [0.2, 0.25) is 0 Å². The van der Waals surface area contributed by atoms with Crippen LogP contribution in [0.1, 0.15) is 29.1 Å². The Morgan fingerprint density at radius 2 is 2.29 bits per heavy atom. The first-order chi connectivity index (χ1) is 11.6. The van der Waals surface area contributed by atoms with Crippen molar-refractivity contribution >= 4 is 22.9 Å². The summed E-state index contributed by atoms with van der Waals surface area (Å²) >= 11 is 1.25. The maximum atomic E-state index is 12.4. The second-order valence-electron chi connectivity index (χ2n) is 6.20. The molecule has 2 aromatic rings. The van der Waals surface area contributed by atoms with Crippen molar-refractivity contribution in [3.8, 4) is 10.4 Å². The molecule has 0 radical (unpaired) electrons. The van der Waals surface area contributed by atoms with Crippen molar-refractivity contribution in [2.75, 3.05) is 0 Å². The number of hydrogen-bond acceptors (Lipinski definition) is 6. The summed E-state index contributed by atoms with van der Waals surface area (Å²) in [5, 5.41) is 17.8. The van der Waals surface area contributed by atoms with Crippen LogP contribution < -0.4 is 10.6 Å². The van der Waals surface area contributed by atoms with E-state index in [1.807, 2.05) is 0 Å². The minimum absolute atomic E-state index is 0.0277. The summed E-state index contributed by atoms with van der Waals surface area (Å²) in [6, 6.07) is 7.42. The smallest absolute Gasteiger partial charge is 0.280 e. The zero-order valence-electron chi connectivity index (χ0n) is 12.8. The standard InChI is InChI=1S/C16H16N4O3S/c21-15(19-13-7-10-4-5-12(13)18-10)16-17-8-14(24-16)9-2-1-3-11(6-9)20(22)23/h1-3,6,8,10,12-13,18H,4-5,7H2,(H,19,21)/t10-,12+,13-/m1/s1. The number of thiazole rings is 1. The Bertz CT molecular complexity index is 806. The normalized spacial score (nSPS) is 24.9. The number of fused-ring (bicyclic) bond motifs is 2. The number of nitrogens with one attached hydrogen (secondary N) is 2. The first-order valence-corrected chi connectivity index (χ1v) is 8.69. The van der Waals surface area contributed by atoms with Crippen molar-refractivity contribution in [1.82, 2.24) is 15.6 Å². The van der Waals surface area contributed by atoms with Gasteiger partial charge in [-0.3, -0.25) is 14.9 Å². The fourth-order valence-electron chi connectivity index (χ4n) is 3.50. The molecule has 2 aliphatic rings. The molecule has 0 unspecified atom stereocenters. The molecule has 0 spiro atoms. The van der Waals surface area contributed by atoms with Crippen molar-refractivity contribution in [1.29, 1.82) is 0 Å². The molecule has 0 saturated carbocycles. The number of carbonyl (C=O) groups excluding carboxylic acids is 1. The first kappa shape index (κ1) is 15.2. The third kappa shape index (κ3) is 2.78. The lowest BCUT2D eigenvalue weighted by molar-refractivity contribution is -0.384. The predicted molar refractivity (Wildman–Crippen MR) is 90.0 cm³/mol. The number of aromatic nitrogens is 1. The molecule has 3 atom stereocenters. The van der Waals surface area contributed by atoms with Crippen LogP contribution in [0, 0.1) is 10.1 Å². The van der Waals surface area contributed by atoms with Crippen LogP contribution in [0.5, 0.6) is 0 Å². The number of benzene rings is 1. The quantitative estimate of drug-likeness (QED) is 0.655. The summed E-state index contributed by atoms with van der Waals surface area (Å²) in [7, 11) is 0. The van der Waals surface area contributed by atoms with Crippen LogP contribution in [-0.2, 0) is 0 Å². The number of rotatable bonds is 4. The van der Waals surface area contributed by atoms with E-state index in [-0.39, 0.29) is 17.6 Å². The molecule has 2 fully saturated rings. The number of nitro benzene ring substituents is 1. The van der Waals surface area contributed by atoms with E-state index >= 15 is 0 Å². The summed E-state index contributed by atoms with van der Waals surface area (Å²) in [5.74, 6) is -0.170. The van der Waals surface area contributed by atoms with Gasteiger partial charge in [-0.2, -0.15) is 0 Å². The molecule has 2 aliphatic heterocycles. The molecule has 24 heavy (non-hydrogen) atoms. The summed E-state index contributed by atoms with van der Waals surface area (Å²) < 4.78 is 0. The van der Waals surface area contributed by atoms with Gasteiger partial charge in [-0.1, -0.05) is 12.1 Å². The van der Waals surface area contributed by atoms with Gasteiger partial charge >= 0.3 is 0 Å². The highest BCUT2D eigenvalue weighted by atomic mass is 32.1. The van der Waals surface area contributed by atoms with Crippen LogP contribution in [0.4, 0.5) is 5.69 Å². The number of nitrogens with zero attached hydrogens (tertiary/aromatic N) is 2. The van der Waals surface area contributed by atoms with Crippen LogP contribution in [0.3, 0.4) is 0 Å². The van der Waals surface area contributed by atoms with Crippen molar-refractivity contribution in [2.45, 2.75) is 37.4 Å². The molecule has 124 valence electrons. The van der Waals surface area contributed by atoms with E-state index in [1.54, 1.807) is 18.3 Å². The third-order valence-electron chi connectivity index (χ3n) is 4.66. The topological polar surface area (TPSA) is 97.2 Å². The Labute approximate surface area is 142 Å². The van der Waals surface area contributed by atoms with E-state index in [4.69, 9.17) is 0 Å². The highest BCUT2D eigenvalue weighted by Gasteiger charge is 2.39. The highest BCUT2D eigenvalue weighted by Crippen LogP contribution is 2.30.